The summed E-state index contributed by atoms with van der Waals surface area (Å²) in [7, 11) is 0. The Hall–Kier alpha value is -2.66. The highest BCUT2D eigenvalue weighted by atomic mass is 15.1. The molecule has 0 aromatic carbocycles. The Morgan fingerprint density at radius 3 is 2.79 bits per heavy atom. The van der Waals surface area contributed by atoms with E-state index < -0.39 is 0 Å². The average molecular weight is 249 g/mol. The summed E-state index contributed by atoms with van der Waals surface area (Å²) >= 11 is 0. The normalized spacial score (nSPS) is 13.4. The summed E-state index contributed by atoms with van der Waals surface area (Å²) in [6, 6.07) is 6.07. The summed E-state index contributed by atoms with van der Waals surface area (Å²) in [5, 5.41) is 18.3. The molecule has 1 aliphatic carbocycles. The van der Waals surface area contributed by atoms with Crippen LogP contribution in [0.1, 0.15) is 35.5 Å². The van der Waals surface area contributed by atoms with Crippen molar-refractivity contribution in [2.45, 2.75) is 25.7 Å². The van der Waals surface area contributed by atoms with Crippen LogP contribution in [0.2, 0.25) is 0 Å². The van der Waals surface area contributed by atoms with Gasteiger partial charge in [-0.1, -0.05) is 0 Å². The summed E-state index contributed by atoms with van der Waals surface area (Å²) in [5.74, 6) is 0.761. The summed E-state index contributed by atoms with van der Waals surface area (Å²) in [6.45, 7) is 0. The van der Waals surface area contributed by atoms with Crippen LogP contribution in [0.5, 0.6) is 0 Å². The van der Waals surface area contributed by atoms with Crippen molar-refractivity contribution in [1.29, 1.82) is 10.5 Å². The van der Waals surface area contributed by atoms with E-state index in [-0.39, 0.29) is 5.82 Å². The van der Waals surface area contributed by atoms with Crippen molar-refractivity contribution in [3.63, 3.8) is 0 Å². The van der Waals surface area contributed by atoms with Crippen molar-refractivity contribution >= 4 is 0 Å². The fourth-order valence-corrected chi connectivity index (χ4v) is 2.45. The third kappa shape index (κ3) is 1.86. The SMILES string of the molecule is N#Cc1cc2c(nc1-n1ccnc1C#N)CCCC2. The maximum absolute atomic E-state index is 9.28. The second kappa shape index (κ2) is 4.55. The lowest BCUT2D eigenvalue weighted by molar-refractivity contribution is 0.664. The molecule has 0 N–H and O–H groups in total. The first-order valence-electron chi connectivity index (χ1n) is 6.20. The van der Waals surface area contributed by atoms with E-state index in [1.54, 1.807) is 17.0 Å². The zero-order valence-corrected chi connectivity index (χ0v) is 10.3. The quantitative estimate of drug-likeness (QED) is 0.773. The molecule has 0 unspecified atom stereocenters. The van der Waals surface area contributed by atoms with Gasteiger partial charge in [-0.3, -0.25) is 4.57 Å². The third-order valence-electron chi connectivity index (χ3n) is 3.37. The molecule has 0 fully saturated rings. The number of rotatable bonds is 1. The maximum Gasteiger partial charge on any atom is 0.218 e. The zero-order valence-electron chi connectivity index (χ0n) is 10.3. The predicted octanol–water partition coefficient (Wildman–Crippen LogP) is 1.89. The number of pyridine rings is 1. The number of imidazole rings is 1. The average Bonchev–Trinajstić information content (AvgIpc) is 2.94. The zero-order chi connectivity index (χ0) is 13.2. The molecule has 5 heteroatoms. The van der Waals surface area contributed by atoms with E-state index in [0.29, 0.717) is 11.4 Å². The molecule has 0 aliphatic heterocycles. The van der Waals surface area contributed by atoms with Gasteiger partial charge >= 0.3 is 0 Å². The first kappa shape index (κ1) is 11.4. The number of fused-ring (bicyclic) bond motifs is 1. The molecule has 1 aliphatic rings. The van der Waals surface area contributed by atoms with Crippen molar-refractivity contribution in [1.82, 2.24) is 14.5 Å². The van der Waals surface area contributed by atoms with Gasteiger partial charge in [-0.15, -0.1) is 0 Å². The lowest BCUT2D eigenvalue weighted by Gasteiger charge is -2.17. The molecule has 0 radical (unpaired) electrons. The topological polar surface area (TPSA) is 78.3 Å². The van der Waals surface area contributed by atoms with E-state index in [0.717, 1.165) is 36.9 Å². The van der Waals surface area contributed by atoms with Gasteiger partial charge in [0.05, 0.1) is 5.56 Å². The van der Waals surface area contributed by atoms with E-state index in [9.17, 15) is 5.26 Å². The molecule has 2 aromatic heterocycles. The molecule has 0 spiro atoms. The van der Waals surface area contributed by atoms with E-state index >= 15 is 0 Å². The van der Waals surface area contributed by atoms with E-state index in [1.165, 1.54) is 0 Å². The van der Waals surface area contributed by atoms with Crippen LogP contribution in [0.15, 0.2) is 18.5 Å². The van der Waals surface area contributed by atoms with E-state index in [1.807, 2.05) is 12.1 Å². The lowest BCUT2D eigenvalue weighted by atomic mass is 9.95. The molecule has 2 heterocycles. The molecule has 0 saturated carbocycles. The number of aryl methyl sites for hydroxylation is 2. The van der Waals surface area contributed by atoms with Crippen LogP contribution in [-0.2, 0) is 12.8 Å². The number of hydrogen-bond donors (Lipinski definition) is 0. The van der Waals surface area contributed by atoms with Gasteiger partial charge in [-0.05, 0) is 37.3 Å². The highest BCUT2D eigenvalue weighted by Gasteiger charge is 2.17. The molecule has 92 valence electrons. The Morgan fingerprint density at radius 1 is 1.16 bits per heavy atom. The van der Waals surface area contributed by atoms with Gasteiger partial charge in [-0.25, -0.2) is 9.97 Å². The fourth-order valence-electron chi connectivity index (χ4n) is 2.45. The molecule has 0 bridgehead atoms. The number of hydrogen-bond acceptors (Lipinski definition) is 4. The molecule has 3 rings (SSSR count). The second-order valence-corrected chi connectivity index (χ2v) is 4.52. The molecular formula is C14H11N5. The standard InChI is InChI=1S/C14H11N5/c15-8-11-7-10-3-1-2-4-12(10)18-14(11)19-6-5-17-13(19)9-16/h5-7H,1-4H2. The molecule has 2 aromatic rings. The molecule has 0 saturated heterocycles. The van der Waals surface area contributed by atoms with Gasteiger partial charge in [0.2, 0.25) is 5.82 Å². The van der Waals surface area contributed by atoms with Gasteiger partial charge in [0.25, 0.3) is 0 Å². The number of nitriles is 2. The number of aromatic nitrogens is 3. The maximum atomic E-state index is 9.28. The Kier molecular flexibility index (Phi) is 2.74. The number of nitrogens with zero attached hydrogens (tertiary/aromatic N) is 5. The van der Waals surface area contributed by atoms with Crippen LogP contribution in [0.25, 0.3) is 5.82 Å². The first-order valence-corrected chi connectivity index (χ1v) is 6.20. The van der Waals surface area contributed by atoms with Gasteiger partial charge in [0.15, 0.2) is 5.82 Å². The van der Waals surface area contributed by atoms with Crippen LogP contribution in [0.4, 0.5) is 0 Å². The van der Waals surface area contributed by atoms with Crippen LogP contribution >= 0.6 is 0 Å². The minimum absolute atomic E-state index is 0.250. The van der Waals surface area contributed by atoms with Crippen molar-refractivity contribution < 1.29 is 0 Å². The molecule has 0 amide bonds. The van der Waals surface area contributed by atoms with E-state index in [2.05, 4.69) is 16.0 Å². The lowest BCUT2D eigenvalue weighted by Crippen LogP contribution is -2.11. The molecule has 5 nitrogen and oxygen atoms in total. The van der Waals surface area contributed by atoms with Gasteiger partial charge in [-0.2, -0.15) is 10.5 Å². The minimum atomic E-state index is 0.250. The van der Waals surface area contributed by atoms with Crippen LogP contribution in [0, 0.1) is 22.7 Å². The minimum Gasteiger partial charge on any atom is -0.274 e. The molecule has 19 heavy (non-hydrogen) atoms. The van der Waals surface area contributed by atoms with Crippen LogP contribution in [-0.4, -0.2) is 14.5 Å². The molecular weight excluding hydrogens is 238 g/mol. The molecule has 0 atom stereocenters. The second-order valence-electron chi connectivity index (χ2n) is 4.52. The predicted molar refractivity (Wildman–Crippen MR) is 67.4 cm³/mol. The van der Waals surface area contributed by atoms with Crippen LogP contribution < -0.4 is 0 Å². The Morgan fingerprint density at radius 2 is 2.00 bits per heavy atom. The Labute approximate surface area is 110 Å². The van der Waals surface area contributed by atoms with Crippen LogP contribution in [0.3, 0.4) is 0 Å². The summed E-state index contributed by atoms with van der Waals surface area (Å²) in [4.78, 5) is 8.54. The van der Waals surface area contributed by atoms with Crippen molar-refractivity contribution in [2.24, 2.45) is 0 Å². The first-order chi connectivity index (χ1) is 9.33. The highest BCUT2D eigenvalue weighted by Crippen LogP contribution is 2.24. The highest BCUT2D eigenvalue weighted by molar-refractivity contribution is 5.49. The largest absolute Gasteiger partial charge is 0.274 e. The van der Waals surface area contributed by atoms with Crippen molar-refractivity contribution in [3.8, 4) is 18.0 Å². The summed E-state index contributed by atoms with van der Waals surface area (Å²) in [6.07, 6.45) is 7.39. The monoisotopic (exact) mass is 249 g/mol. The Bertz CT molecular complexity index is 714. The van der Waals surface area contributed by atoms with Gasteiger partial charge in [0, 0.05) is 18.1 Å². The van der Waals surface area contributed by atoms with Gasteiger partial charge < -0.3 is 0 Å². The van der Waals surface area contributed by atoms with Gasteiger partial charge in [0.1, 0.15) is 12.1 Å². The Balaban J connectivity index is 2.21. The smallest absolute Gasteiger partial charge is 0.218 e. The van der Waals surface area contributed by atoms with Crippen molar-refractivity contribution in [2.75, 3.05) is 0 Å². The third-order valence-corrected chi connectivity index (χ3v) is 3.37. The van der Waals surface area contributed by atoms with Crippen molar-refractivity contribution in [3.05, 3.63) is 41.1 Å². The fraction of sp³-hybridized carbons (Fsp3) is 0.286. The summed E-state index contributed by atoms with van der Waals surface area (Å²) < 4.78 is 1.58. The summed E-state index contributed by atoms with van der Waals surface area (Å²) in [5.41, 5.74) is 2.69. The van der Waals surface area contributed by atoms with E-state index in [4.69, 9.17) is 5.26 Å².